The Hall–Kier alpha value is -3.31. The van der Waals surface area contributed by atoms with Crippen molar-refractivity contribution in [1.82, 2.24) is 24.7 Å². The number of piperazine rings is 1. The molecule has 170 valence electrons. The Morgan fingerprint density at radius 2 is 1.78 bits per heavy atom. The number of anilines is 1. The van der Waals surface area contributed by atoms with Gasteiger partial charge < -0.3 is 14.5 Å². The van der Waals surface area contributed by atoms with Crippen molar-refractivity contribution in [2.75, 3.05) is 51.6 Å². The summed E-state index contributed by atoms with van der Waals surface area (Å²) in [5.41, 5.74) is -0.0237. The van der Waals surface area contributed by atoms with E-state index in [1.807, 2.05) is 4.90 Å². The molecule has 4 rings (SSSR count). The first kappa shape index (κ1) is 21.9. The first-order valence-corrected chi connectivity index (χ1v) is 10.7. The van der Waals surface area contributed by atoms with Gasteiger partial charge in [-0.2, -0.15) is 0 Å². The average molecular weight is 441 g/mol. The number of likely N-dealkylation sites (N-methyl/N-ethyl adjacent to an activating group) is 1. The van der Waals surface area contributed by atoms with Gasteiger partial charge in [0.05, 0.1) is 4.92 Å². The summed E-state index contributed by atoms with van der Waals surface area (Å²) in [5.74, 6) is 0.971. The standard InChI is InChI=1S/C21H27N7O4/c1-25-10-12-26(13-11-25)16-6-8-27(9-7-16)21(29)24-19-14-20(23-15-22-19)32-18-4-2-17(3-5-18)28(30)31/h2-5,14-16H,6-13H2,1H3,(H,22,23,24,29). The number of hydrogen-bond acceptors (Lipinski definition) is 8. The summed E-state index contributed by atoms with van der Waals surface area (Å²) in [5, 5.41) is 13.6. The van der Waals surface area contributed by atoms with Crippen molar-refractivity contribution in [3.63, 3.8) is 0 Å². The summed E-state index contributed by atoms with van der Waals surface area (Å²) in [4.78, 5) is 37.8. The van der Waals surface area contributed by atoms with Crippen LogP contribution in [0.15, 0.2) is 36.7 Å². The molecule has 2 aliphatic heterocycles. The van der Waals surface area contributed by atoms with Gasteiger partial charge in [-0.3, -0.25) is 20.3 Å². The number of hydrogen-bond donors (Lipinski definition) is 1. The quantitative estimate of drug-likeness (QED) is 0.555. The number of likely N-dealkylation sites (tertiary alicyclic amines) is 1. The molecule has 1 aromatic heterocycles. The summed E-state index contributed by atoms with van der Waals surface area (Å²) < 4.78 is 5.62. The highest BCUT2D eigenvalue weighted by molar-refractivity contribution is 5.88. The van der Waals surface area contributed by atoms with Gasteiger partial charge in [-0.05, 0) is 32.0 Å². The van der Waals surface area contributed by atoms with Crippen LogP contribution in [-0.2, 0) is 0 Å². The zero-order valence-corrected chi connectivity index (χ0v) is 18.0. The molecule has 2 aromatic rings. The number of nitro benzene ring substituents is 1. The van der Waals surface area contributed by atoms with E-state index in [0.29, 0.717) is 30.7 Å². The second-order valence-corrected chi connectivity index (χ2v) is 8.08. The Labute approximate surface area is 186 Å². The lowest BCUT2D eigenvalue weighted by molar-refractivity contribution is -0.384. The number of nitrogens with zero attached hydrogens (tertiary/aromatic N) is 6. The minimum Gasteiger partial charge on any atom is -0.439 e. The number of nitro groups is 1. The van der Waals surface area contributed by atoms with E-state index in [-0.39, 0.29) is 17.6 Å². The van der Waals surface area contributed by atoms with E-state index in [4.69, 9.17) is 4.74 Å². The highest BCUT2D eigenvalue weighted by Gasteiger charge is 2.28. The maximum absolute atomic E-state index is 12.7. The van der Waals surface area contributed by atoms with E-state index < -0.39 is 4.92 Å². The van der Waals surface area contributed by atoms with Gasteiger partial charge in [0, 0.05) is 63.5 Å². The SMILES string of the molecule is CN1CCN(C2CCN(C(=O)Nc3cc(Oc4ccc([N+](=O)[O-])cc4)ncn3)CC2)CC1. The number of aromatic nitrogens is 2. The molecule has 0 atom stereocenters. The summed E-state index contributed by atoms with van der Waals surface area (Å²) in [6.07, 6.45) is 3.24. The number of nitrogens with one attached hydrogen (secondary N) is 1. The highest BCUT2D eigenvalue weighted by Crippen LogP contribution is 2.24. The van der Waals surface area contributed by atoms with Crippen molar-refractivity contribution >= 4 is 17.5 Å². The minimum absolute atomic E-state index is 0.0237. The van der Waals surface area contributed by atoms with Crippen molar-refractivity contribution < 1.29 is 14.5 Å². The molecule has 2 aliphatic rings. The lowest BCUT2D eigenvalue weighted by Gasteiger charge is -2.42. The van der Waals surface area contributed by atoms with E-state index in [1.165, 1.54) is 36.7 Å². The largest absolute Gasteiger partial charge is 0.439 e. The molecule has 32 heavy (non-hydrogen) atoms. The van der Waals surface area contributed by atoms with Gasteiger partial charge in [0.1, 0.15) is 17.9 Å². The van der Waals surface area contributed by atoms with Crippen molar-refractivity contribution in [2.45, 2.75) is 18.9 Å². The van der Waals surface area contributed by atoms with E-state index in [9.17, 15) is 14.9 Å². The van der Waals surface area contributed by atoms with Crippen LogP contribution in [-0.4, -0.2) is 88.0 Å². The topological polar surface area (TPSA) is 117 Å². The molecule has 0 spiro atoms. The smallest absolute Gasteiger partial charge is 0.323 e. The second kappa shape index (κ2) is 9.88. The van der Waals surface area contributed by atoms with Gasteiger partial charge in [-0.15, -0.1) is 0 Å². The van der Waals surface area contributed by atoms with Crippen LogP contribution in [0.5, 0.6) is 11.6 Å². The zero-order valence-electron chi connectivity index (χ0n) is 18.0. The number of carbonyl (C=O) groups is 1. The molecule has 2 fully saturated rings. The number of non-ortho nitro benzene ring substituents is 1. The van der Waals surface area contributed by atoms with Crippen LogP contribution >= 0.6 is 0 Å². The molecule has 1 aromatic carbocycles. The van der Waals surface area contributed by atoms with Crippen LogP contribution in [0.3, 0.4) is 0 Å². The van der Waals surface area contributed by atoms with Gasteiger partial charge in [-0.25, -0.2) is 14.8 Å². The third-order valence-corrected chi connectivity index (χ3v) is 5.95. The Balaban J connectivity index is 1.29. The Morgan fingerprint density at radius 1 is 1.09 bits per heavy atom. The first-order valence-electron chi connectivity index (χ1n) is 10.7. The summed E-state index contributed by atoms with van der Waals surface area (Å²) >= 11 is 0. The van der Waals surface area contributed by atoms with Gasteiger partial charge in [0.2, 0.25) is 5.88 Å². The van der Waals surface area contributed by atoms with Gasteiger partial charge in [0.15, 0.2) is 0 Å². The third kappa shape index (κ3) is 5.48. The van der Waals surface area contributed by atoms with Gasteiger partial charge in [-0.1, -0.05) is 0 Å². The van der Waals surface area contributed by atoms with Crippen LogP contribution in [0.2, 0.25) is 0 Å². The van der Waals surface area contributed by atoms with Crippen LogP contribution in [0.25, 0.3) is 0 Å². The number of carbonyl (C=O) groups excluding carboxylic acids is 1. The maximum Gasteiger partial charge on any atom is 0.323 e. The number of urea groups is 1. The van der Waals surface area contributed by atoms with E-state index in [0.717, 1.165) is 39.0 Å². The van der Waals surface area contributed by atoms with E-state index in [1.54, 1.807) is 0 Å². The van der Waals surface area contributed by atoms with Crippen LogP contribution in [0.1, 0.15) is 12.8 Å². The summed E-state index contributed by atoms with van der Waals surface area (Å²) in [7, 11) is 2.15. The predicted molar refractivity (Wildman–Crippen MR) is 118 cm³/mol. The molecule has 11 heteroatoms. The van der Waals surface area contributed by atoms with Crippen molar-refractivity contribution in [2.24, 2.45) is 0 Å². The molecule has 1 N–H and O–H groups in total. The number of ether oxygens (including phenoxy) is 1. The van der Waals surface area contributed by atoms with Crippen LogP contribution in [0, 0.1) is 10.1 Å². The van der Waals surface area contributed by atoms with Crippen molar-refractivity contribution in [3.05, 3.63) is 46.8 Å². The fraction of sp³-hybridized carbons (Fsp3) is 0.476. The van der Waals surface area contributed by atoms with Gasteiger partial charge in [0.25, 0.3) is 5.69 Å². The number of benzene rings is 1. The average Bonchev–Trinajstić information content (AvgIpc) is 2.80. The molecule has 0 saturated carbocycles. The lowest BCUT2D eigenvalue weighted by Crippen LogP contribution is -2.53. The molecular formula is C21H27N7O4. The lowest BCUT2D eigenvalue weighted by atomic mass is 10.0. The fourth-order valence-electron chi connectivity index (χ4n) is 4.03. The second-order valence-electron chi connectivity index (χ2n) is 8.08. The molecule has 2 saturated heterocycles. The highest BCUT2D eigenvalue weighted by atomic mass is 16.6. The molecule has 11 nitrogen and oxygen atoms in total. The molecule has 0 radical (unpaired) electrons. The van der Waals surface area contributed by atoms with E-state index in [2.05, 4.69) is 32.1 Å². The number of amides is 2. The van der Waals surface area contributed by atoms with Crippen LogP contribution in [0.4, 0.5) is 16.3 Å². The zero-order chi connectivity index (χ0) is 22.5. The molecule has 0 unspecified atom stereocenters. The van der Waals surface area contributed by atoms with Crippen molar-refractivity contribution in [3.8, 4) is 11.6 Å². The fourth-order valence-corrected chi connectivity index (χ4v) is 4.03. The molecule has 2 amide bonds. The van der Waals surface area contributed by atoms with E-state index >= 15 is 0 Å². The molecule has 3 heterocycles. The Morgan fingerprint density at radius 3 is 2.44 bits per heavy atom. The minimum atomic E-state index is -0.476. The monoisotopic (exact) mass is 441 g/mol. The third-order valence-electron chi connectivity index (χ3n) is 5.95. The maximum atomic E-state index is 12.7. The Bertz CT molecular complexity index is 939. The molecular weight excluding hydrogens is 414 g/mol. The van der Waals surface area contributed by atoms with Crippen molar-refractivity contribution in [1.29, 1.82) is 0 Å². The van der Waals surface area contributed by atoms with Gasteiger partial charge >= 0.3 is 6.03 Å². The Kier molecular flexibility index (Phi) is 6.76. The normalized spacial score (nSPS) is 18.3. The summed E-state index contributed by atoms with van der Waals surface area (Å²) in [6.45, 7) is 5.79. The number of piperidine rings is 1. The number of rotatable bonds is 5. The first-order chi connectivity index (χ1) is 15.5. The molecule has 0 bridgehead atoms. The predicted octanol–water partition coefficient (Wildman–Crippen LogP) is 2.42. The molecule has 0 aliphatic carbocycles. The summed E-state index contributed by atoms with van der Waals surface area (Å²) in [6, 6.07) is 7.55. The van der Waals surface area contributed by atoms with Crippen LogP contribution < -0.4 is 10.1 Å².